The Labute approximate surface area is 209 Å². The number of fused-ring (bicyclic) bond motifs is 2. The van der Waals surface area contributed by atoms with E-state index in [4.69, 9.17) is 11.3 Å². The minimum Gasteiger partial charge on any atom is -0.444 e. The third kappa shape index (κ3) is 4.56. The first-order valence-corrected chi connectivity index (χ1v) is 12.7. The van der Waals surface area contributed by atoms with Crippen molar-refractivity contribution in [1.82, 2.24) is 14.9 Å². The minimum absolute atomic E-state index is 0.0463. The van der Waals surface area contributed by atoms with Gasteiger partial charge in [-0.25, -0.2) is 19.6 Å². The summed E-state index contributed by atoms with van der Waals surface area (Å²) in [6.07, 6.45) is 4.02. The van der Waals surface area contributed by atoms with Gasteiger partial charge in [0.05, 0.1) is 29.1 Å². The molecule has 0 saturated carbocycles. The molecule has 0 bridgehead atoms. The lowest BCUT2D eigenvalue weighted by Crippen LogP contribution is -2.43. The molecule has 35 heavy (non-hydrogen) atoms. The molecule has 0 aliphatic carbocycles. The molecule has 1 N–H and O–H groups in total. The summed E-state index contributed by atoms with van der Waals surface area (Å²) in [5, 5.41) is 9.67. The van der Waals surface area contributed by atoms with Gasteiger partial charge in [-0.3, -0.25) is 0 Å². The molecule has 2 aliphatic rings. The highest BCUT2D eigenvalue weighted by molar-refractivity contribution is 7.19. The van der Waals surface area contributed by atoms with Crippen LogP contribution in [0.5, 0.6) is 0 Å². The van der Waals surface area contributed by atoms with Gasteiger partial charge in [0.2, 0.25) is 0 Å². The van der Waals surface area contributed by atoms with Gasteiger partial charge in [0.25, 0.3) is 0 Å². The lowest BCUT2D eigenvalue weighted by atomic mass is 9.93. The van der Waals surface area contributed by atoms with Crippen LogP contribution >= 0.6 is 11.3 Å². The number of aliphatic hydroxyl groups is 1. The first-order valence-electron chi connectivity index (χ1n) is 11.9. The number of aliphatic hydroxyl groups excluding tert-OH is 1. The van der Waals surface area contributed by atoms with Gasteiger partial charge in [-0.15, -0.1) is 11.3 Å². The summed E-state index contributed by atoms with van der Waals surface area (Å²) in [4.78, 5) is 30.5. The van der Waals surface area contributed by atoms with Gasteiger partial charge >= 0.3 is 6.09 Å². The number of aromatic nitrogens is 2. The van der Waals surface area contributed by atoms with Crippen molar-refractivity contribution in [1.29, 1.82) is 0 Å². The van der Waals surface area contributed by atoms with E-state index in [1.54, 1.807) is 11.2 Å². The molecule has 9 heteroatoms. The molecular formula is C26H29N5O3S. The average molecular weight is 492 g/mol. The molecule has 0 spiro atoms. The number of ether oxygens (including phenoxy) is 1. The Kier molecular flexibility index (Phi) is 6.11. The molecule has 182 valence electrons. The fourth-order valence-electron chi connectivity index (χ4n) is 5.03. The third-order valence-corrected chi connectivity index (χ3v) is 7.58. The van der Waals surface area contributed by atoms with Gasteiger partial charge in [0.1, 0.15) is 11.9 Å². The van der Waals surface area contributed by atoms with Gasteiger partial charge in [0, 0.05) is 41.8 Å². The first kappa shape index (κ1) is 23.5. The van der Waals surface area contributed by atoms with E-state index < -0.39 is 5.60 Å². The SMILES string of the molecule is [C-]#[N+]c1cc2c(c(-c3ncnc4cc(CO)sc34)c1)N([C@@H]1CCN(C(=O)OC(C)(C)C)C1)CCC2. The van der Waals surface area contributed by atoms with Gasteiger partial charge in [-0.05, 0) is 57.7 Å². The number of carbonyl (C=O) groups is 1. The van der Waals surface area contributed by atoms with E-state index in [1.165, 1.54) is 11.3 Å². The quantitative estimate of drug-likeness (QED) is 0.510. The number of hydrogen-bond donors (Lipinski definition) is 1. The Bertz CT molecular complexity index is 1320. The van der Waals surface area contributed by atoms with Gasteiger partial charge < -0.3 is 19.6 Å². The number of carbonyl (C=O) groups excluding carboxylic acids is 1. The summed E-state index contributed by atoms with van der Waals surface area (Å²) in [5.74, 6) is 0. The standard InChI is InChI=1S/C26H29N5O3S/c1-26(2,3)34-25(33)30-9-7-18(13-30)31-8-5-6-16-10-17(27-4)11-20(23(16)31)22-24-21(28-15-29-22)12-19(14-32)35-24/h10-12,15,18,32H,5-9,13-14H2,1-3H3/t18-/m1/s1. The normalized spacial score (nSPS) is 18.0. The average Bonchev–Trinajstić information content (AvgIpc) is 3.49. The Hall–Kier alpha value is -3.22. The number of benzene rings is 1. The number of amides is 1. The predicted molar refractivity (Wildman–Crippen MR) is 137 cm³/mol. The van der Waals surface area contributed by atoms with E-state index >= 15 is 0 Å². The van der Waals surface area contributed by atoms with Crippen LogP contribution in [0.2, 0.25) is 0 Å². The number of hydrogen-bond acceptors (Lipinski definition) is 7. The number of likely N-dealkylation sites (tertiary alicyclic amines) is 1. The summed E-state index contributed by atoms with van der Waals surface area (Å²) in [7, 11) is 0. The highest BCUT2D eigenvalue weighted by Crippen LogP contribution is 2.44. The molecule has 1 amide bonds. The first-order chi connectivity index (χ1) is 16.8. The largest absolute Gasteiger partial charge is 0.444 e. The molecule has 2 aromatic heterocycles. The van der Waals surface area contributed by atoms with Crippen molar-refractivity contribution < 1.29 is 14.6 Å². The monoisotopic (exact) mass is 491 g/mol. The molecule has 3 aromatic rings. The van der Waals surface area contributed by atoms with E-state index in [9.17, 15) is 9.90 Å². The number of thiophene rings is 1. The van der Waals surface area contributed by atoms with Gasteiger partial charge in [-0.2, -0.15) is 0 Å². The van der Waals surface area contributed by atoms with Crippen LogP contribution in [0.1, 0.15) is 44.1 Å². The Morgan fingerprint density at radius 1 is 1.29 bits per heavy atom. The number of aryl methyl sites for hydroxylation is 1. The number of nitrogens with zero attached hydrogens (tertiary/aromatic N) is 5. The van der Waals surface area contributed by atoms with Gasteiger partial charge in [0.15, 0.2) is 5.69 Å². The van der Waals surface area contributed by atoms with Crippen molar-refractivity contribution in [3.05, 3.63) is 46.4 Å². The molecule has 5 rings (SSSR count). The molecule has 1 atom stereocenters. The Morgan fingerprint density at radius 3 is 2.86 bits per heavy atom. The Morgan fingerprint density at radius 2 is 2.11 bits per heavy atom. The molecule has 1 saturated heterocycles. The molecule has 0 unspecified atom stereocenters. The van der Waals surface area contributed by atoms with E-state index in [1.807, 2.05) is 39.0 Å². The van der Waals surface area contributed by atoms with Crippen molar-refractivity contribution >= 4 is 39.0 Å². The molecule has 4 heterocycles. The molecule has 8 nitrogen and oxygen atoms in total. The number of anilines is 1. The summed E-state index contributed by atoms with van der Waals surface area (Å²) in [5.41, 5.74) is 4.80. The lowest BCUT2D eigenvalue weighted by molar-refractivity contribution is 0.0292. The topological polar surface area (TPSA) is 83.2 Å². The van der Waals surface area contributed by atoms with Crippen LogP contribution in [0.3, 0.4) is 0 Å². The zero-order valence-corrected chi connectivity index (χ0v) is 21.1. The predicted octanol–water partition coefficient (Wildman–Crippen LogP) is 5.16. The summed E-state index contributed by atoms with van der Waals surface area (Å²) in [6.45, 7) is 15.4. The second-order valence-corrected chi connectivity index (χ2v) is 11.2. The maximum Gasteiger partial charge on any atom is 0.410 e. The molecule has 2 aliphatic heterocycles. The minimum atomic E-state index is -0.525. The van der Waals surface area contributed by atoms with E-state index in [0.29, 0.717) is 18.8 Å². The van der Waals surface area contributed by atoms with Crippen LogP contribution in [-0.4, -0.2) is 57.3 Å². The van der Waals surface area contributed by atoms with Crippen LogP contribution < -0.4 is 4.90 Å². The van der Waals surface area contributed by atoms with Crippen molar-refractivity contribution in [2.45, 2.75) is 58.3 Å². The summed E-state index contributed by atoms with van der Waals surface area (Å²) in [6, 6.07) is 5.96. The third-order valence-electron chi connectivity index (χ3n) is 6.46. The lowest BCUT2D eigenvalue weighted by Gasteiger charge is -2.38. The van der Waals surface area contributed by atoms with Crippen molar-refractivity contribution in [3.63, 3.8) is 0 Å². The van der Waals surface area contributed by atoms with Gasteiger partial charge in [-0.1, -0.05) is 6.07 Å². The zero-order valence-electron chi connectivity index (χ0n) is 20.2. The van der Waals surface area contributed by atoms with Crippen LogP contribution in [-0.2, 0) is 17.8 Å². The van der Waals surface area contributed by atoms with E-state index in [0.717, 1.165) is 63.4 Å². The fraction of sp³-hybridized carbons (Fsp3) is 0.462. The maximum absolute atomic E-state index is 12.7. The highest BCUT2D eigenvalue weighted by atomic mass is 32.1. The molecule has 1 aromatic carbocycles. The second kappa shape index (κ2) is 9.10. The van der Waals surface area contributed by atoms with Crippen molar-refractivity contribution in [2.24, 2.45) is 0 Å². The smallest absolute Gasteiger partial charge is 0.410 e. The maximum atomic E-state index is 12.7. The molecule has 0 radical (unpaired) electrons. The highest BCUT2D eigenvalue weighted by Gasteiger charge is 2.36. The Balaban J connectivity index is 1.56. The zero-order chi connectivity index (χ0) is 24.7. The van der Waals surface area contributed by atoms with E-state index in [2.05, 4.69) is 19.7 Å². The second-order valence-electron chi connectivity index (χ2n) is 10.1. The summed E-state index contributed by atoms with van der Waals surface area (Å²) < 4.78 is 6.52. The molecule has 1 fully saturated rings. The number of rotatable bonds is 3. The van der Waals surface area contributed by atoms with Crippen LogP contribution in [0, 0.1) is 6.57 Å². The van der Waals surface area contributed by atoms with Crippen molar-refractivity contribution in [3.8, 4) is 11.3 Å². The molecular weight excluding hydrogens is 462 g/mol. The van der Waals surface area contributed by atoms with Crippen LogP contribution in [0.4, 0.5) is 16.2 Å². The van der Waals surface area contributed by atoms with Crippen LogP contribution in [0.15, 0.2) is 24.5 Å². The van der Waals surface area contributed by atoms with E-state index in [-0.39, 0.29) is 18.7 Å². The fourth-order valence-corrected chi connectivity index (χ4v) is 6.00. The summed E-state index contributed by atoms with van der Waals surface area (Å²) >= 11 is 1.49. The van der Waals surface area contributed by atoms with Crippen LogP contribution in [0.25, 0.3) is 26.3 Å². The van der Waals surface area contributed by atoms with Crippen molar-refractivity contribution in [2.75, 3.05) is 24.5 Å².